The number of esters is 1. The van der Waals surface area contributed by atoms with E-state index in [-0.39, 0.29) is 12.1 Å². The van der Waals surface area contributed by atoms with Gasteiger partial charge in [0.15, 0.2) is 5.11 Å². The van der Waals surface area contributed by atoms with Gasteiger partial charge in [-0.2, -0.15) is 0 Å². The SMILES string of the molecule is COC(=O)c1ccccc1-c1ccc([C@@H]2[C@@H](c3ccccn3)NC(=S)N2c2cc(C)cc(C)c2)o1. The lowest BCUT2D eigenvalue weighted by atomic mass is 10.0. The number of furan rings is 1. The summed E-state index contributed by atoms with van der Waals surface area (Å²) in [6.07, 6.45) is 1.77. The number of anilines is 1. The molecule has 1 aliphatic heterocycles. The van der Waals surface area contributed by atoms with Crippen molar-refractivity contribution in [3.63, 3.8) is 0 Å². The second-order valence-electron chi connectivity index (χ2n) is 8.58. The van der Waals surface area contributed by atoms with Crippen molar-refractivity contribution in [2.75, 3.05) is 12.0 Å². The van der Waals surface area contributed by atoms with Gasteiger partial charge >= 0.3 is 5.97 Å². The van der Waals surface area contributed by atoms with Crippen LogP contribution in [-0.2, 0) is 4.74 Å². The van der Waals surface area contributed by atoms with Crippen molar-refractivity contribution in [2.24, 2.45) is 0 Å². The first-order valence-electron chi connectivity index (χ1n) is 11.3. The Bertz CT molecular complexity index is 1380. The minimum absolute atomic E-state index is 0.223. The first kappa shape index (κ1) is 22.8. The van der Waals surface area contributed by atoms with E-state index in [1.165, 1.54) is 7.11 Å². The van der Waals surface area contributed by atoms with Gasteiger partial charge in [0.05, 0.1) is 24.4 Å². The largest absolute Gasteiger partial charge is 0.465 e. The number of carbonyl (C=O) groups is 1. The van der Waals surface area contributed by atoms with Gasteiger partial charge in [-0.05, 0) is 79.7 Å². The van der Waals surface area contributed by atoms with Gasteiger partial charge in [0.25, 0.3) is 0 Å². The van der Waals surface area contributed by atoms with E-state index in [1.807, 2.05) is 42.5 Å². The van der Waals surface area contributed by atoms with E-state index in [0.717, 1.165) is 22.5 Å². The van der Waals surface area contributed by atoms with Crippen molar-refractivity contribution < 1.29 is 13.9 Å². The van der Waals surface area contributed by atoms with Crippen LogP contribution in [0.1, 0.15) is 45.0 Å². The molecule has 5 rings (SSSR count). The number of aryl methyl sites for hydroxylation is 2. The number of methoxy groups -OCH3 is 1. The van der Waals surface area contributed by atoms with Crippen LogP contribution in [-0.4, -0.2) is 23.2 Å². The molecular formula is C28H25N3O3S. The Balaban J connectivity index is 1.63. The van der Waals surface area contributed by atoms with Crippen LogP contribution in [0.25, 0.3) is 11.3 Å². The zero-order valence-corrected chi connectivity index (χ0v) is 20.5. The Labute approximate surface area is 209 Å². The normalized spacial score (nSPS) is 17.3. The fourth-order valence-electron chi connectivity index (χ4n) is 4.65. The summed E-state index contributed by atoms with van der Waals surface area (Å²) in [4.78, 5) is 19.0. The van der Waals surface area contributed by atoms with Gasteiger partial charge in [0, 0.05) is 17.4 Å². The average molecular weight is 484 g/mol. The van der Waals surface area contributed by atoms with E-state index in [1.54, 1.807) is 18.3 Å². The first-order chi connectivity index (χ1) is 17.0. The number of hydrogen-bond donors (Lipinski definition) is 1. The molecule has 0 spiro atoms. The van der Waals surface area contributed by atoms with Gasteiger partial charge in [-0.15, -0.1) is 0 Å². The third kappa shape index (κ3) is 4.31. The van der Waals surface area contributed by atoms with E-state index >= 15 is 0 Å². The van der Waals surface area contributed by atoms with Crippen molar-refractivity contribution in [3.05, 3.63) is 107 Å². The summed E-state index contributed by atoms with van der Waals surface area (Å²) in [7, 11) is 1.37. The molecule has 0 amide bonds. The second kappa shape index (κ2) is 9.35. The molecule has 0 radical (unpaired) electrons. The van der Waals surface area contributed by atoms with Gasteiger partial charge in [-0.1, -0.05) is 30.3 Å². The van der Waals surface area contributed by atoms with Crippen LogP contribution in [0.5, 0.6) is 0 Å². The summed E-state index contributed by atoms with van der Waals surface area (Å²) < 4.78 is 11.4. The van der Waals surface area contributed by atoms with Gasteiger partial charge < -0.3 is 19.4 Å². The molecule has 4 aromatic rings. The smallest absolute Gasteiger partial charge is 0.338 e. The van der Waals surface area contributed by atoms with Crippen LogP contribution in [0.4, 0.5) is 5.69 Å². The highest BCUT2D eigenvalue weighted by molar-refractivity contribution is 7.80. The number of carbonyl (C=O) groups excluding carboxylic acids is 1. The number of nitrogens with zero attached hydrogens (tertiary/aromatic N) is 2. The molecule has 2 aromatic carbocycles. The van der Waals surface area contributed by atoms with Crippen molar-refractivity contribution in [2.45, 2.75) is 25.9 Å². The molecule has 35 heavy (non-hydrogen) atoms. The lowest BCUT2D eigenvalue weighted by Crippen LogP contribution is -2.29. The Hall–Kier alpha value is -3.97. The number of nitrogens with one attached hydrogen (secondary N) is 1. The van der Waals surface area contributed by atoms with Crippen LogP contribution < -0.4 is 10.2 Å². The second-order valence-corrected chi connectivity index (χ2v) is 8.97. The Morgan fingerprint density at radius 2 is 1.77 bits per heavy atom. The Morgan fingerprint density at radius 3 is 2.49 bits per heavy atom. The maximum Gasteiger partial charge on any atom is 0.338 e. The quantitative estimate of drug-likeness (QED) is 0.279. The summed E-state index contributed by atoms with van der Waals surface area (Å²) in [6.45, 7) is 4.14. The molecule has 1 N–H and O–H groups in total. The van der Waals surface area contributed by atoms with E-state index < -0.39 is 5.97 Å². The number of hydrogen-bond acceptors (Lipinski definition) is 5. The van der Waals surface area contributed by atoms with Crippen molar-refractivity contribution in [1.82, 2.24) is 10.3 Å². The Morgan fingerprint density at radius 1 is 1.03 bits per heavy atom. The molecule has 0 aliphatic carbocycles. The molecule has 0 saturated carbocycles. The number of aromatic nitrogens is 1. The molecule has 2 aromatic heterocycles. The predicted molar refractivity (Wildman–Crippen MR) is 139 cm³/mol. The van der Waals surface area contributed by atoms with Crippen molar-refractivity contribution >= 4 is 29.0 Å². The molecule has 1 saturated heterocycles. The molecule has 176 valence electrons. The van der Waals surface area contributed by atoms with E-state index in [9.17, 15) is 4.79 Å². The molecule has 2 atom stereocenters. The fraction of sp³-hybridized carbons (Fsp3) is 0.179. The lowest BCUT2D eigenvalue weighted by Gasteiger charge is -2.26. The fourth-order valence-corrected chi connectivity index (χ4v) is 5.00. The zero-order chi connectivity index (χ0) is 24.5. The molecule has 1 aliphatic rings. The summed E-state index contributed by atoms with van der Waals surface area (Å²) in [5, 5.41) is 4.06. The molecule has 7 heteroatoms. The molecule has 1 fully saturated rings. The summed E-state index contributed by atoms with van der Waals surface area (Å²) in [5.74, 6) is 0.881. The van der Waals surface area contributed by atoms with Crippen LogP contribution in [0.2, 0.25) is 0 Å². The van der Waals surface area contributed by atoms with Gasteiger partial charge in [-0.25, -0.2) is 4.79 Å². The van der Waals surface area contributed by atoms with Crippen LogP contribution in [0, 0.1) is 13.8 Å². The molecule has 3 heterocycles. The standard InChI is InChI=1S/C28H25N3O3S/c1-17-14-18(2)16-19(15-17)31-26(25(30-28(31)35)22-10-6-7-13-29-22)24-12-11-23(34-24)20-8-4-5-9-21(20)27(32)33-3/h4-16,25-26H,1-3H3,(H,30,35)/t25-,26-/m1/s1. The minimum Gasteiger partial charge on any atom is -0.465 e. The van der Waals surface area contributed by atoms with Crippen LogP contribution in [0.3, 0.4) is 0 Å². The minimum atomic E-state index is -0.412. The van der Waals surface area contributed by atoms with E-state index in [0.29, 0.717) is 27.8 Å². The number of benzene rings is 2. The molecular weight excluding hydrogens is 458 g/mol. The highest BCUT2D eigenvalue weighted by Crippen LogP contribution is 2.43. The monoisotopic (exact) mass is 483 g/mol. The van der Waals surface area contributed by atoms with E-state index in [2.05, 4.69) is 47.2 Å². The summed E-state index contributed by atoms with van der Waals surface area (Å²) in [5.41, 5.74) is 5.26. The van der Waals surface area contributed by atoms with Gasteiger partial charge in [0.2, 0.25) is 0 Å². The maximum atomic E-state index is 12.3. The highest BCUT2D eigenvalue weighted by Gasteiger charge is 2.42. The van der Waals surface area contributed by atoms with E-state index in [4.69, 9.17) is 21.4 Å². The highest BCUT2D eigenvalue weighted by atomic mass is 32.1. The third-order valence-electron chi connectivity index (χ3n) is 6.10. The molecule has 0 unspecified atom stereocenters. The topological polar surface area (TPSA) is 67.6 Å². The Kier molecular flexibility index (Phi) is 6.09. The number of ether oxygens (including phenoxy) is 1. The molecule has 0 bridgehead atoms. The first-order valence-corrected chi connectivity index (χ1v) is 11.7. The van der Waals surface area contributed by atoms with Gasteiger partial charge in [0.1, 0.15) is 17.6 Å². The van der Waals surface area contributed by atoms with Crippen molar-refractivity contribution in [3.8, 4) is 11.3 Å². The lowest BCUT2D eigenvalue weighted by molar-refractivity contribution is 0.0601. The van der Waals surface area contributed by atoms with Crippen LogP contribution in [0.15, 0.2) is 83.4 Å². The maximum absolute atomic E-state index is 12.3. The molecule has 6 nitrogen and oxygen atoms in total. The zero-order valence-electron chi connectivity index (χ0n) is 19.7. The average Bonchev–Trinajstić information content (AvgIpc) is 3.48. The number of thiocarbonyl (C=S) groups is 1. The third-order valence-corrected chi connectivity index (χ3v) is 6.41. The summed E-state index contributed by atoms with van der Waals surface area (Å²) in [6, 6.07) is 22.8. The van der Waals surface area contributed by atoms with Crippen LogP contribution >= 0.6 is 12.2 Å². The number of rotatable bonds is 5. The van der Waals surface area contributed by atoms with Gasteiger partial charge in [-0.3, -0.25) is 4.98 Å². The summed E-state index contributed by atoms with van der Waals surface area (Å²) >= 11 is 5.82. The predicted octanol–water partition coefficient (Wildman–Crippen LogP) is 5.92. The van der Waals surface area contributed by atoms with Crippen molar-refractivity contribution in [1.29, 1.82) is 0 Å². The number of pyridine rings is 1.